The Labute approximate surface area is 154 Å². The van der Waals surface area contributed by atoms with Gasteiger partial charge in [-0.25, -0.2) is 0 Å². The number of carbonyl (C=O) groups excluding carboxylic acids is 1. The van der Waals surface area contributed by atoms with Crippen molar-refractivity contribution in [1.82, 2.24) is 0 Å². The number of nitrogen functional groups attached to an aromatic ring is 1. The van der Waals surface area contributed by atoms with Gasteiger partial charge in [0.2, 0.25) is 0 Å². The lowest BCUT2D eigenvalue weighted by atomic mass is 10.0. The smallest absolute Gasteiger partial charge is 0.167 e. The maximum atomic E-state index is 12.5. The molecule has 130 valence electrons. The van der Waals surface area contributed by atoms with Gasteiger partial charge in [0.1, 0.15) is 0 Å². The minimum atomic E-state index is 0.0981. The molecule has 0 fully saturated rings. The predicted molar refractivity (Wildman–Crippen MR) is 107 cm³/mol. The van der Waals surface area contributed by atoms with E-state index in [4.69, 9.17) is 5.73 Å². The van der Waals surface area contributed by atoms with Crippen LogP contribution in [0.25, 0.3) is 0 Å². The molecule has 0 aromatic heterocycles. The van der Waals surface area contributed by atoms with E-state index in [1.165, 1.54) is 16.8 Å². The largest absolute Gasteiger partial charge is 0.398 e. The Morgan fingerprint density at radius 1 is 0.923 bits per heavy atom. The summed E-state index contributed by atoms with van der Waals surface area (Å²) in [7, 11) is 0. The van der Waals surface area contributed by atoms with Crippen LogP contribution in [0.5, 0.6) is 0 Å². The molecule has 2 N–H and O–H groups in total. The van der Waals surface area contributed by atoms with Crippen molar-refractivity contribution in [3.05, 3.63) is 95.1 Å². The monoisotopic (exact) mass is 342 g/mol. The summed E-state index contributed by atoms with van der Waals surface area (Å²) in [5.41, 5.74) is 12.2. The van der Waals surface area contributed by atoms with Gasteiger partial charge in [0.05, 0.1) is 0 Å². The molecule has 3 heteroatoms. The number of ketones is 1. The van der Waals surface area contributed by atoms with Gasteiger partial charge < -0.3 is 10.6 Å². The Bertz CT molecular complexity index is 931. The van der Waals surface area contributed by atoms with Crippen LogP contribution in [0.3, 0.4) is 0 Å². The van der Waals surface area contributed by atoms with Gasteiger partial charge in [-0.2, -0.15) is 0 Å². The zero-order valence-corrected chi connectivity index (χ0v) is 14.7. The SMILES string of the molecule is Nc1ccccc1CC(=O)c1ccc(CN2CCc3ccccc32)cc1. The average molecular weight is 342 g/mol. The molecule has 1 aliphatic rings. The first-order valence-electron chi connectivity index (χ1n) is 8.99. The van der Waals surface area contributed by atoms with Crippen molar-refractivity contribution < 1.29 is 4.79 Å². The van der Waals surface area contributed by atoms with Crippen LogP contribution in [0.15, 0.2) is 72.8 Å². The summed E-state index contributed by atoms with van der Waals surface area (Å²) in [4.78, 5) is 14.9. The molecule has 0 atom stereocenters. The van der Waals surface area contributed by atoms with Crippen molar-refractivity contribution in [2.75, 3.05) is 17.2 Å². The standard InChI is InChI=1S/C23H22N2O/c24-21-7-3-1-6-20(21)15-23(26)19-11-9-17(10-12-19)16-25-14-13-18-5-2-4-8-22(18)25/h1-12H,13-16,24H2. The van der Waals surface area contributed by atoms with Gasteiger partial charge in [0.25, 0.3) is 0 Å². The topological polar surface area (TPSA) is 46.3 Å². The summed E-state index contributed by atoms with van der Waals surface area (Å²) in [6.45, 7) is 1.92. The van der Waals surface area contributed by atoms with Crippen LogP contribution in [-0.2, 0) is 19.4 Å². The molecule has 1 heterocycles. The second-order valence-electron chi connectivity index (χ2n) is 6.80. The maximum Gasteiger partial charge on any atom is 0.167 e. The maximum absolute atomic E-state index is 12.5. The van der Waals surface area contributed by atoms with Crippen molar-refractivity contribution in [3.63, 3.8) is 0 Å². The molecular formula is C23H22N2O. The summed E-state index contributed by atoms with van der Waals surface area (Å²) in [6.07, 6.45) is 1.44. The number of hydrogen-bond acceptors (Lipinski definition) is 3. The molecule has 3 aromatic rings. The molecule has 4 rings (SSSR count). The van der Waals surface area contributed by atoms with Crippen molar-refractivity contribution in [2.45, 2.75) is 19.4 Å². The van der Waals surface area contributed by atoms with Crippen LogP contribution in [0, 0.1) is 0 Å². The molecular weight excluding hydrogens is 320 g/mol. The second-order valence-corrected chi connectivity index (χ2v) is 6.80. The summed E-state index contributed by atoms with van der Waals surface area (Å²) in [5, 5.41) is 0. The minimum Gasteiger partial charge on any atom is -0.398 e. The van der Waals surface area contributed by atoms with E-state index >= 15 is 0 Å². The lowest BCUT2D eigenvalue weighted by Crippen LogP contribution is -2.19. The minimum absolute atomic E-state index is 0.0981. The number of nitrogens with two attached hydrogens (primary N) is 1. The number of nitrogens with zero attached hydrogens (tertiary/aromatic N) is 1. The van der Waals surface area contributed by atoms with Crippen molar-refractivity contribution in [1.29, 1.82) is 0 Å². The van der Waals surface area contributed by atoms with Crippen LogP contribution in [0.1, 0.15) is 27.0 Å². The highest BCUT2D eigenvalue weighted by molar-refractivity contribution is 5.98. The molecule has 0 unspecified atom stereocenters. The first-order valence-corrected chi connectivity index (χ1v) is 8.99. The highest BCUT2D eigenvalue weighted by atomic mass is 16.1. The Morgan fingerprint density at radius 2 is 1.65 bits per heavy atom. The van der Waals surface area contributed by atoms with Gasteiger partial charge in [-0.05, 0) is 35.2 Å². The van der Waals surface area contributed by atoms with Crippen LogP contribution in [0.2, 0.25) is 0 Å². The van der Waals surface area contributed by atoms with Gasteiger partial charge in [0.15, 0.2) is 5.78 Å². The van der Waals surface area contributed by atoms with E-state index < -0.39 is 0 Å². The van der Waals surface area contributed by atoms with Crippen LogP contribution >= 0.6 is 0 Å². The Balaban J connectivity index is 1.44. The molecule has 0 amide bonds. The summed E-state index contributed by atoms with van der Waals surface area (Å²) in [6, 6.07) is 24.1. The highest BCUT2D eigenvalue weighted by Crippen LogP contribution is 2.28. The molecule has 0 radical (unpaired) electrons. The fourth-order valence-corrected chi connectivity index (χ4v) is 3.56. The van der Waals surface area contributed by atoms with E-state index in [2.05, 4.69) is 41.3 Å². The van der Waals surface area contributed by atoms with E-state index in [1.807, 2.05) is 36.4 Å². The molecule has 0 aliphatic carbocycles. The molecule has 0 bridgehead atoms. The number of carbonyl (C=O) groups is 1. The van der Waals surface area contributed by atoms with Crippen LogP contribution < -0.4 is 10.6 Å². The predicted octanol–water partition coefficient (Wildman–Crippen LogP) is 4.26. The third-order valence-electron chi connectivity index (χ3n) is 5.04. The van der Waals surface area contributed by atoms with Gasteiger partial charge in [-0.15, -0.1) is 0 Å². The molecule has 1 aliphatic heterocycles. The van der Waals surface area contributed by atoms with Gasteiger partial charge in [-0.1, -0.05) is 60.7 Å². The van der Waals surface area contributed by atoms with Gasteiger partial charge >= 0.3 is 0 Å². The van der Waals surface area contributed by atoms with Crippen molar-refractivity contribution in [2.24, 2.45) is 0 Å². The van der Waals surface area contributed by atoms with E-state index in [1.54, 1.807) is 0 Å². The normalized spacial score (nSPS) is 12.8. The summed E-state index contributed by atoms with van der Waals surface area (Å²) >= 11 is 0. The van der Waals surface area contributed by atoms with E-state index in [0.717, 1.165) is 30.6 Å². The van der Waals surface area contributed by atoms with E-state index in [-0.39, 0.29) is 5.78 Å². The van der Waals surface area contributed by atoms with Gasteiger partial charge in [-0.3, -0.25) is 4.79 Å². The Hall–Kier alpha value is -3.07. The van der Waals surface area contributed by atoms with Crippen LogP contribution in [0.4, 0.5) is 11.4 Å². The summed E-state index contributed by atoms with van der Waals surface area (Å²) < 4.78 is 0. The van der Waals surface area contributed by atoms with Gasteiger partial charge in [0, 0.05) is 36.4 Å². The quantitative estimate of drug-likeness (QED) is 0.557. The van der Waals surface area contributed by atoms with E-state index in [9.17, 15) is 4.79 Å². The third-order valence-corrected chi connectivity index (χ3v) is 5.04. The molecule has 0 saturated heterocycles. The highest BCUT2D eigenvalue weighted by Gasteiger charge is 2.18. The molecule has 3 nitrogen and oxygen atoms in total. The fourth-order valence-electron chi connectivity index (χ4n) is 3.56. The zero-order chi connectivity index (χ0) is 17.9. The second kappa shape index (κ2) is 7.04. The fraction of sp³-hybridized carbons (Fsp3) is 0.174. The number of rotatable bonds is 5. The van der Waals surface area contributed by atoms with Crippen LogP contribution in [-0.4, -0.2) is 12.3 Å². The molecule has 26 heavy (non-hydrogen) atoms. The number of anilines is 2. The lowest BCUT2D eigenvalue weighted by molar-refractivity contribution is 0.0993. The number of Topliss-reactive ketones (excluding diaryl/α,β-unsaturated/α-hetero) is 1. The lowest BCUT2D eigenvalue weighted by Gasteiger charge is -2.19. The summed E-state index contributed by atoms with van der Waals surface area (Å²) in [5.74, 6) is 0.0981. The molecule has 0 saturated carbocycles. The number of benzene rings is 3. The number of para-hydroxylation sites is 2. The average Bonchev–Trinajstić information content (AvgIpc) is 3.07. The molecule has 3 aromatic carbocycles. The zero-order valence-electron chi connectivity index (χ0n) is 14.7. The van der Waals surface area contributed by atoms with E-state index in [0.29, 0.717) is 12.1 Å². The van der Waals surface area contributed by atoms with Crippen molar-refractivity contribution >= 4 is 17.2 Å². The first kappa shape index (κ1) is 16.4. The van der Waals surface area contributed by atoms with Crippen molar-refractivity contribution in [3.8, 4) is 0 Å². The number of fused-ring (bicyclic) bond motifs is 1. The number of hydrogen-bond donors (Lipinski definition) is 1. The molecule has 0 spiro atoms. The Morgan fingerprint density at radius 3 is 2.46 bits per heavy atom. The Kier molecular flexibility index (Phi) is 4.44. The first-order chi connectivity index (χ1) is 12.7. The third kappa shape index (κ3) is 3.33.